The average molecular weight is 399 g/mol. The van der Waals surface area contributed by atoms with E-state index in [2.05, 4.69) is 135 Å². The molecule has 3 rings (SSSR count). The van der Waals surface area contributed by atoms with Crippen LogP contribution >= 0.6 is 0 Å². The van der Waals surface area contributed by atoms with Gasteiger partial charge in [-0.15, -0.1) is 0 Å². The monoisotopic (exact) mass is 398 g/mol. The van der Waals surface area contributed by atoms with Crippen LogP contribution < -0.4 is 10.4 Å². The van der Waals surface area contributed by atoms with Crippen LogP contribution in [0.1, 0.15) is 11.1 Å². The normalized spacial score (nSPS) is 12.7. The van der Waals surface area contributed by atoms with Crippen LogP contribution in [0.3, 0.4) is 0 Å². The molecule has 0 bridgehead atoms. The summed E-state index contributed by atoms with van der Waals surface area (Å²) in [5, 5.41) is 2.97. The Hall–Kier alpha value is -2.43. The van der Waals surface area contributed by atoms with E-state index in [1.54, 1.807) is 0 Å². The van der Waals surface area contributed by atoms with Crippen molar-refractivity contribution in [2.45, 2.75) is 26.2 Å². The third-order valence-corrected chi connectivity index (χ3v) is 11.0. The molecular formula is C26H30Si2. The van der Waals surface area contributed by atoms with Crippen molar-refractivity contribution in [1.82, 2.24) is 0 Å². The predicted octanol–water partition coefficient (Wildman–Crippen LogP) is 6.02. The fraction of sp³-hybridized carbons (Fsp3) is 0.154. The molecule has 3 aromatic rings. The number of rotatable bonds is 6. The molecule has 0 saturated heterocycles. The molecule has 0 spiro atoms. The van der Waals surface area contributed by atoms with E-state index in [4.69, 9.17) is 0 Å². The molecule has 0 aliphatic heterocycles. The lowest BCUT2D eigenvalue weighted by molar-refractivity contribution is 1.65. The van der Waals surface area contributed by atoms with Gasteiger partial charge in [-0.25, -0.2) is 0 Å². The van der Waals surface area contributed by atoms with Crippen molar-refractivity contribution < 1.29 is 0 Å². The lowest BCUT2D eigenvalue weighted by Crippen LogP contribution is -2.43. The zero-order valence-electron chi connectivity index (χ0n) is 17.4. The second-order valence-corrected chi connectivity index (χ2v) is 17.2. The van der Waals surface area contributed by atoms with Crippen molar-refractivity contribution in [3.8, 4) is 0 Å². The maximum atomic E-state index is 2.44. The molecule has 0 nitrogen and oxygen atoms in total. The number of hydrogen-bond donors (Lipinski definition) is 0. The van der Waals surface area contributed by atoms with Crippen molar-refractivity contribution in [3.05, 3.63) is 107 Å². The quantitative estimate of drug-likeness (QED) is 0.445. The number of benzene rings is 3. The van der Waals surface area contributed by atoms with Crippen LogP contribution in [0.4, 0.5) is 0 Å². The molecule has 0 aliphatic rings. The van der Waals surface area contributed by atoms with Gasteiger partial charge in [-0.2, -0.15) is 0 Å². The third kappa shape index (κ3) is 5.31. The van der Waals surface area contributed by atoms with Crippen LogP contribution in [0.25, 0.3) is 12.2 Å². The maximum Gasteiger partial charge on any atom is 0.104 e. The highest BCUT2D eigenvalue weighted by molar-refractivity contribution is 6.95. The molecule has 3 aromatic carbocycles. The molecule has 0 unspecified atom stereocenters. The molecule has 2 heteroatoms. The summed E-state index contributed by atoms with van der Waals surface area (Å²) in [7, 11) is -3.20. The van der Waals surface area contributed by atoms with E-state index in [9.17, 15) is 0 Å². The molecule has 0 radical (unpaired) electrons. The summed E-state index contributed by atoms with van der Waals surface area (Å²) in [4.78, 5) is 0. The van der Waals surface area contributed by atoms with Crippen LogP contribution in [-0.2, 0) is 0 Å². The Kier molecular flexibility index (Phi) is 6.33. The molecule has 0 heterocycles. The Labute approximate surface area is 172 Å². The second kappa shape index (κ2) is 8.72. The highest BCUT2D eigenvalue weighted by Crippen LogP contribution is 2.12. The Bertz CT molecular complexity index is 854. The Morgan fingerprint density at radius 1 is 0.464 bits per heavy atom. The van der Waals surface area contributed by atoms with Crippen molar-refractivity contribution in [3.63, 3.8) is 0 Å². The smallest absolute Gasteiger partial charge is 0.0897 e. The van der Waals surface area contributed by atoms with Crippen LogP contribution in [0.2, 0.25) is 26.2 Å². The standard InChI is InChI=1S/C26H30Si2/c1-27(2,21-19-23-11-7-5-8-12-23)25-15-17-26(18-16-25)28(3,4)22-20-24-13-9-6-10-14-24/h5-22H,1-4H3/b21-19-,22-20-. The van der Waals surface area contributed by atoms with E-state index in [-0.39, 0.29) is 0 Å². The van der Waals surface area contributed by atoms with E-state index >= 15 is 0 Å². The summed E-state index contributed by atoms with van der Waals surface area (Å²) in [5.41, 5.74) is 7.43. The molecule has 0 N–H and O–H groups in total. The van der Waals surface area contributed by atoms with Gasteiger partial charge in [0.05, 0.1) is 0 Å². The summed E-state index contributed by atoms with van der Waals surface area (Å²) >= 11 is 0. The van der Waals surface area contributed by atoms with Crippen molar-refractivity contribution in [2.75, 3.05) is 0 Å². The van der Waals surface area contributed by atoms with Crippen LogP contribution in [0.5, 0.6) is 0 Å². The highest BCUT2D eigenvalue weighted by atomic mass is 28.3. The molecule has 0 aromatic heterocycles. The lowest BCUT2D eigenvalue weighted by atomic mass is 10.2. The van der Waals surface area contributed by atoms with Crippen LogP contribution in [0, 0.1) is 0 Å². The van der Waals surface area contributed by atoms with E-state index < -0.39 is 16.1 Å². The van der Waals surface area contributed by atoms with Crippen molar-refractivity contribution in [2.24, 2.45) is 0 Å². The third-order valence-electron chi connectivity index (χ3n) is 5.36. The molecule has 28 heavy (non-hydrogen) atoms. The van der Waals surface area contributed by atoms with Gasteiger partial charge in [-0.05, 0) is 11.1 Å². The summed E-state index contributed by atoms with van der Waals surface area (Å²) in [5.74, 6) is 0. The van der Waals surface area contributed by atoms with Crippen LogP contribution in [-0.4, -0.2) is 16.1 Å². The predicted molar refractivity (Wildman–Crippen MR) is 132 cm³/mol. The average Bonchev–Trinajstić information content (AvgIpc) is 2.73. The largest absolute Gasteiger partial charge is 0.104 e. The molecule has 0 aliphatic carbocycles. The molecule has 0 amide bonds. The summed E-state index contributed by atoms with van der Waals surface area (Å²) in [6.07, 6.45) is 4.56. The lowest BCUT2D eigenvalue weighted by Gasteiger charge is -2.22. The molecule has 142 valence electrons. The molecule has 0 fully saturated rings. The minimum atomic E-state index is -1.60. The first-order valence-corrected chi connectivity index (χ1v) is 16.1. The highest BCUT2D eigenvalue weighted by Gasteiger charge is 2.23. The van der Waals surface area contributed by atoms with Gasteiger partial charge in [0.25, 0.3) is 0 Å². The minimum absolute atomic E-state index is 1.28. The first-order valence-electron chi connectivity index (χ1n) is 9.96. The Balaban J connectivity index is 1.76. The Morgan fingerprint density at radius 3 is 1.11 bits per heavy atom. The first-order chi connectivity index (χ1) is 13.4. The van der Waals surface area contributed by atoms with E-state index in [0.29, 0.717) is 0 Å². The van der Waals surface area contributed by atoms with Gasteiger partial charge >= 0.3 is 0 Å². The van der Waals surface area contributed by atoms with Crippen molar-refractivity contribution in [1.29, 1.82) is 0 Å². The zero-order valence-corrected chi connectivity index (χ0v) is 19.4. The van der Waals surface area contributed by atoms with Gasteiger partial charge in [0.15, 0.2) is 0 Å². The van der Waals surface area contributed by atoms with Gasteiger partial charge < -0.3 is 0 Å². The fourth-order valence-electron chi connectivity index (χ4n) is 3.26. The second-order valence-electron chi connectivity index (χ2n) is 8.51. The van der Waals surface area contributed by atoms with Gasteiger partial charge in [-0.1, -0.05) is 145 Å². The summed E-state index contributed by atoms with van der Waals surface area (Å²) in [6, 6.07) is 30.6. The van der Waals surface area contributed by atoms with Gasteiger partial charge in [0, 0.05) is 0 Å². The van der Waals surface area contributed by atoms with E-state index in [1.165, 1.54) is 21.5 Å². The zero-order chi connectivity index (χ0) is 20.0. The van der Waals surface area contributed by atoms with Crippen molar-refractivity contribution >= 4 is 38.7 Å². The van der Waals surface area contributed by atoms with Crippen LogP contribution in [0.15, 0.2) is 96.3 Å². The fourth-order valence-corrected chi connectivity index (χ4v) is 6.91. The topological polar surface area (TPSA) is 0 Å². The summed E-state index contributed by atoms with van der Waals surface area (Å²) in [6.45, 7) is 9.66. The van der Waals surface area contributed by atoms with E-state index in [0.717, 1.165) is 0 Å². The minimum Gasteiger partial charge on any atom is -0.0897 e. The molecular weight excluding hydrogens is 368 g/mol. The van der Waals surface area contributed by atoms with Gasteiger partial charge in [-0.3, -0.25) is 0 Å². The van der Waals surface area contributed by atoms with Gasteiger partial charge in [0.1, 0.15) is 16.1 Å². The SMILES string of the molecule is C[Si](C)(/C=C\c1ccccc1)c1ccc([Si](C)(C)/C=C\c2ccccc2)cc1. The Morgan fingerprint density at radius 2 is 0.786 bits per heavy atom. The molecule has 0 atom stereocenters. The van der Waals surface area contributed by atoms with E-state index in [1.807, 2.05) is 0 Å². The summed E-state index contributed by atoms with van der Waals surface area (Å²) < 4.78 is 0. The first kappa shape index (κ1) is 20.3. The van der Waals surface area contributed by atoms with Gasteiger partial charge in [0.2, 0.25) is 0 Å². The maximum absolute atomic E-state index is 2.44. The number of hydrogen-bond acceptors (Lipinski definition) is 0. The molecule has 0 saturated carbocycles.